The van der Waals surface area contributed by atoms with Gasteiger partial charge in [0.1, 0.15) is 0 Å². The van der Waals surface area contributed by atoms with Crippen molar-refractivity contribution < 1.29 is 24.5 Å². The lowest BCUT2D eigenvalue weighted by atomic mass is 10.0. The summed E-state index contributed by atoms with van der Waals surface area (Å²) in [5.41, 5.74) is 0. The zero-order valence-electron chi connectivity index (χ0n) is 63.5. The third-order valence-corrected chi connectivity index (χ3v) is 19.8. The van der Waals surface area contributed by atoms with Gasteiger partial charge in [-0.05, 0) is 96.3 Å². The van der Waals surface area contributed by atoms with Crippen molar-refractivity contribution in [2.24, 2.45) is 0 Å². The van der Waals surface area contributed by atoms with Gasteiger partial charge >= 0.3 is 5.97 Å². The van der Waals surface area contributed by atoms with E-state index in [0.29, 0.717) is 19.4 Å². The predicted molar refractivity (Wildman–Crippen MR) is 416 cm³/mol. The summed E-state index contributed by atoms with van der Waals surface area (Å²) < 4.78 is 5.49. The van der Waals surface area contributed by atoms with Gasteiger partial charge in [-0.3, -0.25) is 9.59 Å². The van der Waals surface area contributed by atoms with Crippen LogP contribution in [0.1, 0.15) is 463 Å². The summed E-state index contributed by atoms with van der Waals surface area (Å²) in [5, 5.41) is 23.3. The van der Waals surface area contributed by atoms with Gasteiger partial charge in [0.15, 0.2) is 0 Å². The van der Waals surface area contributed by atoms with Crippen LogP contribution in [-0.4, -0.2) is 47.4 Å². The second-order valence-electron chi connectivity index (χ2n) is 29.2. The highest BCUT2D eigenvalue weighted by Gasteiger charge is 2.18. The van der Waals surface area contributed by atoms with Crippen molar-refractivity contribution in [3.8, 4) is 0 Å². The molecule has 0 spiro atoms. The van der Waals surface area contributed by atoms with Crippen molar-refractivity contribution in [2.75, 3.05) is 13.2 Å². The summed E-state index contributed by atoms with van der Waals surface area (Å²) in [6, 6.07) is -0.628. The summed E-state index contributed by atoms with van der Waals surface area (Å²) in [6.07, 6.45) is 112. The van der Waals surface area contributed by atoms with Crippen molar-refractivity contribution >= 4 is 11.9 Å². The molecule has 0 aliphatic rings. The highest BCUT2D eigenvalue weighted by atomic mass is 16.5. The minimum Gasteiger partial charge on any atom is -0.466 e. The number of ether oxygens (including phenoxy) is 1. The Morgan fingerprint density at radius 1 is 0.298 bits per heavy atom. The van der Waals surface area contributed by atoms with Crippen LogP contribution in [0.3, 0.4) is 0 Å². The van der Waals surface area contributed by atoms with Gasteiger partial charge < -0.3 is 20.3 Å². The number of aliphatic hydroxyl groups is 2. The number of hydrogen-bond donors (Lipinski definition) is 3. The van der Waals surface area contributed by atoms with Crippen LogP contribution in [0.2, 0.25) is 0 Å². The molecule has 0 radical (unpaired) electrons. The normalized spacial score (nSPS) is 12.8. The monoisotopic (exact) mass is 1320 g/mol. The predicted octanol–water partition coefficient (Wildman–Crippen LogP) is 28.5. The molecule has 0 rings (SSSR count). The van der Waals surface area contributed by atoms with E-state index in [4.69, 9.17) is 4.74 Å². The molecule has 0 heterocycles. The minimum absolute atomic E-state index is 0.00484. The summed E-state index contributed by atoms with van der Waals surface area (Å²) >= 11 is 0. The molecule has 0 aromatic rings. The summed E-state index contributed by atoms with van der Waals surface area (Å²) in [6.45, 7) is 4.92. The summed E-state index contributed by atoms with van der Waals surface area (Å²) in [5.74, 6) is -0.0556. The molecule has 0 saturated carbocycles. The molecule has 6 nitrogen and oxygen atoms in total. The average molecular weight is 1320 g/mol. The van der Waals surface area contributed by atoms with E-state index in [0.717, 1.165) is 57.8 Å². The Morgan fingerprint density at radius 2 is 0.532 bits per heavy atom. The third-order valence-electron chi connectivity index (χ3n) is 19.8. The van der Waals surface area contributed by atoms with E-state index in [-0.39, 0.29) is 18.5 Å². The van der Waals surface area contributed by atoms with Crippen LogP contribution in [0.25, 0.3) is 0 Å². The van der Waals surface area contributed by atoms with Crippen molar-refractivity contribution in [3.63, 3.8) is 0 Å². The molecule has 2 atom stereocenters. The molecular formula is C88H165NO5. The number of rotatable bonds is 80. The number of carbonyl (C=O) groups excluding carboxylic acids is 2. The summed E-state index contributed by atoms with van der Waals surface area (Å²) in [7, 11) is 0. The lowest BCUT2D eigenvalue weighted by molar-refractivity contribution is -0.143. The zero-order valence-corrected chi connectivity index (χ0v) is 63.5. The number of nitrogens with one attached hydrogen (secondary N) is 1. The van der Waals surface area contributed by atoms with Gasteiger partial charge in [0.25, 0.3) is 0 Å². The number of unbranched alkanes of at least 4 members (excludes halogenated alkanes) is 61. The highest BCUT2D eigenvalue weighted by molar-refractivity contribution is 5.76. The largest absolute Gasteiger partial charge is 0.466 e. The van der Waals surface area contributed by atoms with Gasteiger partial charge in [-0.2, -0.15) is 0 Å². The first-order valence-corrected chi connectivity index (χ1v) is 42.6. The molecule has 0 aliphatic carbocycles. The molecule has 0 aromatic heterocycles. The van der Waals surface area contributed by atoms with Gasteiger partial charge in [-0.15, -0.1) is 0 Å². The minimum atomic E-state index is -0.845. The van der Waals surface area contributed by atoms with Gasteiger partial charge in [0.2, 0.25) is 5.91 Å². The molecule has 1 amide bonds. The van der Waals surface area contributed by atoms with Gasteiger partial charge in [-0.1, -0.05) is 415 Å². The molecule has 0 bridgehead atoms. The van der Waals surface area contributed by atoms with Crippen molar-refractivity contribution in [3.05, 3.63) is 60.8 Å². The van der Waals surface area contributed by atoms with E-state index in [1.807, 2.05) is 6.08 Å². The Balaban J connectivity index is 3.39. The molecule has 0 saturated heterocycles. The highest BCUT2D eigenvalue weighted by Crippen LogP contribution is 2.20. The fourth-order valence-corrected chi connectivity index (χ4v) is 13.3. The van der Waals surface area contributed by atoms with E-state index in [9.17, 15) is 19.8 Å². The fourth-order valence-electron chi connectivity index (χ4n) is 13.3. The van der Waals surface area contributed by atoms with Crippen LogP contribution < -0.4 is 5.32 Å². The number of aliphatic hydroxyl groups excluding tert-OH is 2. The van der Waals surface area contributed by atoms with Crippen LogP contribution >= 0.6 is 0 Å². The molecule has 2 unspecified atom stereocenters. The first-order valence-electron chi connectivity index (χ1n) is 42.6. The second kappa shape index (κ2) is 83.0. The molecule has 552 valence electrons. The van der Waals surface area contributed by atoms with Crippen LogP contribution in [0.5, 0.6) is 0 Å². The maximum Gasteiger partial charge on any atom is 0.305 e. The second-order valence-corrected chi connectivity index (χ2v) is 29.2. The third kappa shape index (κ3) is 78.6. The number of amides is 1. The maximum absolute atomic E-state index is 12.6. The first kappa shape index (κ1) is 91.6. The number of esters is 1. The Hall–Kier alpha value is -2.44. The first-order chi connectivity index (χ1) is 46.5. The van der Waals surface area contributed by atoms with E-state index in [1.165, 1.54) is 379 Å². The maximum atomic E-state index is 12.6. The van der Waals surface area contributed by atoms with E-state index < -0.39 is 12.1 Å². The zero-order chi connectivity index (χ0) is 67.7. The molecule has 6 heteroatoms. The topological polar surface area (TPSA) is 95.9 Å². The lowest BCUT2D eigenvalue weighted by Crippen LogP contribution is -2.45. The van der Waals surface area contributed by atoms with E-state index in [1.54, 1.807) is 6.08 Å². The molecule has 0 aromatic carbocycles. The quantitative estimate of drug-likeness (QED) is 0.0320. The molecule has 94 heavy (non-hydrogen) atoms. The lowest BCUT2D eigenvalue weighted by Gasteiger charge is -2.20. The fraction of sp³-hybridized carbons (Fsp3) is 0.864. The molecule has 0 aliphatic heterocycles. The van der Waals surface area contributed by atoms with Crippen molar-refractivity contribution in [1.29, 1.82) is 0 Å². The number of allylic oxidation sites excluding steroid dienone is 9. The van der Waals surface area contributed by atoms with Crippen LogP contribution in [0, 0.1) is 0 Å². The SMILES string of the molecule is CCCCC/C=C\C/C=C\CCCCCCCC(=O)OCCCCCCCCCCCCCCC/C=C\C/C=C\CCCCCCCCCCCCCCCCCCCC(=O)NC(CO)C(O)/C=C/CCCCCCCCCCCCCCCCCCCCCCCCC. The van der Waals surface area contributed by atoms with Crippen molar-refractivity contribution in [1.82, 2.24) is 5.32 Å². The number of carbonyl (C=O) groups is 2. The van der Waals surface area contributed by atoms with Crippen LogP contribution in [0.15, 0.2) is 60.8 Å². The van der Waals surface area contributed by atoms with E-state index >= 15 is 0 Å². The Labute approximate surface area is 588 Å². The van der Waals surface area contributed by atoms with Crippen LogP contribution in [-0.2, 0) is 14.3 Å². The van der Waals surface area contributed by atoms with E-state index in [2.05, 4.69) is 67.8 Å². The van der Waals surface area contributed by atoms with Crippen LogP contribution in [0.4, 0.5) is 0 Å². The smallest absolute Gasteiger partial charge is 0.305 e. The Morgan fingerprint density at radius 3 is 0.830 bits per heavy atom. The molecular weight excluding hydrogens is 1150 g/mol. The van der Waals surface area contributed by atoms with Gasteiger partial charge in [0.05, 0.1) is 25.4 Å². The molecule has 0 fully saturated rings. The van der Waals surface area contributed by atoms with Gasteiger partial charge in [-0.25, -0.2) is 0 Å². The number of hydrogen-bond acceptors (Lipinski definition) is 5. The standard InChI is InChI=1S/C88H165NO5/c1-3-5-7-9-11-13-15-17-19-20-21-22-23-37-40-43-46-49-53-56-60-64-68-72-76-80-86(91)85(84-90)89-87(92)81-77-73-69-65-61-57-54-50-47-44-41-38-35-33-31-29-27-25-24-26-28-30-32-34-36-39-42-45-48-51-55-59-63-67-71-75-79-83-94-88(93)82-78-74-70-66-62-58-52-18-16-14-12-10-8-6-4-2/h12,14,18,24,26,30,32,52,76,80,85-86,90-91H,3-11,13,15-17,19-23,25,27-29,31,33-51,53-75,77-79,81-84H2,1-2H3,(H,89,92)/b14-12-,26-24-,32-30-,52-18-,80-76+. The summed E-state index contributed by atoms with van der Waals surface area (Å²) in [4.78, 5) is 24.6. The average Bonchev–Trinajstić information content (AvgIpc) is 3.59. The molecule has 3 N–H and O–H groups in total. The van der Waals surface area contributed by atoms with Gasteiger partial charge in [0, 0.05) is 12.8 Å². The Kier molecular flexibility index (Phi) is 80.8. The van der Waals surface area contributed by atoms with Crippen molar-refractivity contribution in [2.45, 2.75) is 475 Å². The Bertz CT molecular complexity index is 1620.